The molecule has 0 aliphatic rings. The van der Waals surface area contributed by atoms with Crippen LogP contribution in [0, 0.1) is 0 Å². The summed E-state index contributed by atoms with van der Waals surface area (Å²) < 4.78 is 6.65. The molecule has 4 N–H and O–H groups in total. The fourth-order valence-electron chi connectivity index (χ4n) is 3.17. The van der Waals surface area contributed by atoms with Crippen LogP contribution in [0.2, 0.25) is 5.02 Å². The third-order valence-electron chi connectivity index (χ3n) is 4.99. The number of hydrogen-bond donors (Lipinski definition) is 4. The molecule has 39 heavy (non-hydrogen) atoms. The van der Waals surface area contributed by atoms with E-state index in [0.717, 1.165) is 10.0 Å². The summed E-state index contributed by atoms with van der Waals surface area (Å²) in [6, 6.07) is 23.5. The van der Waals surface area contributed by atoms with E-state index in [4.69, 9.17) is 16.3 Å². The normalized spacial score (nSPS) is 10.5. The molecule has 9 nitrogen and oxygen atoms in total. The van der Waals surface area contributed by atoms with Gasteiger partial charge in [0.25, 0.3) is 11.8 Å². The van der Waals surface area contributed by atoms with Gasteiger partial charge < -0.3 is 15.4 Å². The van der Waals surface area contributed by atoms with E-state index in [1.807, 2.05) is 12.1 Å². The number of carbonyl (C=O) groups excluding carboxylic acids is 3. The van der Waals surface area contributed by atoms with Crippen molar-refractivity contribution >= 4 is 62.8 Å². The molecular weight excluding hydrogens is 586 g/mol. The average Bonchev–Trinajstić information content (AvgIpc) is 2.92. The molecule has 4 amide bonds. The van der Waals surface area contributed by atoms with Crippen LogP contribution < -0.4 is 26.2 Å². The number of urea groups is 1. The van der Waals surface area contributed by atoms with E-state index < -0.39 is 11.8 Å². The number of halogens is 2. The number of anilines is 2. The summed E-state index contributed by atoms with van der Waals surface area (Å²) in [6.45, 7) is 0. The highest BCUT2D eigenvalue weighted by Gasteiger charge is 2.10. The van der Waals surface area contributed by atoms with Gasteiger partial charge in [-0.1, -0.05) is 45.7 Å². The van der Waals surface area contributed by atoms with Gasteiger partial charge in [0, 0.05) is 39.2 Å². The van der Waals surface area contributed by atoms with Crippen molar-refractivity contribution < 1.29 is 19.1 Å². The first-order valence-corrected chi connectivity index (χ1v) is 12.6. The molecule has 1 aromatic heterocycles. The number of hydrazine groups is 1. The molecule has 0 radical (unpaired) electrons. The van der Waals surface area contributed by atoms with Crippen LogP contribution in [0.25, 0.3) is 6.08 Å². The maximum Gasteiger partial charge on any atom is 0.323 e. The number of rotatable bonds is 7. The van der Waals surface area contributed by atoms with Crippen molar-refractivity contribution in [3.8, 4) is 11.5 Å². The number of hydrogen-bond acceptors (Lipinski definition) is 5. The molecule has 0 aliphatic carbocycles. The number of nitrogens with one attached hydrogen (secondary N) is 4. The maximum absolute atomic E-state index is 12.4. The topological polar surface area (TPSA) is 121 Å². The molecule has 0 atom stereocenters. The molecule has 0 aliphatic heterocycles. The Morgan fingerprint density at radius 3 is 2.31 bits per heavy atom. The third kappa shape index (κ3) is 8.70. The first kappa shape index (κ1) is 27.4. The summed E-state index contributed by atoms with van der Waals surface area (Å²) in [5.41, 5.74) is 6.62. The third-order valence-corrected chi connectivity index (χ3v) is 5.74. The Bertz CT molecular complexity index is 1510. The minimum absolute atomic E-state index is 0.0389. The van der Waals surface area contributed by atoms with Crippen molar-refractivity contribution in [1.82, 2.24) is 15.8 Å². The van der Waals surface area contributed by atoms with Crippen molar-refractivity contribution in [3.63, 3.8) is 0 Å². The van der Waals surface area contributed by atoms with Gasteiger partial charge in [-0.15, -0.1) is 0 Å². The Morgan fingerprint density at radius 2 is 1.56 bits per heavy atom. The van der Waals surface area contributed by atoms with E-state index in [-0.39, 0.29) is 11.7 Å². The van der Waals surface area contributed by atoms with Crippen LogP contribution in [0.15, 0.2) is 102 Å². The van der Waals surface area contributed by atoms with E-state index in [1.165, 1.54) is 18.3 Å². The molecule has 0 fully saturated rings. The van der Waals surface area contributed by atoms with Gasteiger partial charge in [0.2, 0.25) is 0 Å². The molecule has 196 valence electrons. The van der Waals surface area contributed by atoms with Crippen LogP contribution in [0.1, 0.15) is 16.1 Å². The minimum atomic E-state index is -0.621. The van der Waals surface area contributed by atoms with Crippen LogP contribution in [0.4, 0.5) is 16.2 Å². The van der Waals surface area contributed by atoms with Gasteiger partial charge in [0.05, 0.1) is 0 Å². The molecule has 11 heteroatoms. The van der Waals surface area contributed by atoms with Crippen LogP contribution in [0.3, 0.4) is 0 Å². The summed E-state index contributed by atoms with van der Waals surface area (Å²) >= 11 is 9.20. The lowest BCUT2D eigenvalue weighted by Gasteiger charge is -2.10. The quantitative estimate of drug-likeness (QED) is 0.143. The SMILES string of the molecule is O=C(/C=C/c1ccc(Cl)cc1)NNC(=O)c1cc(Oc2ccc(NC(=O)Nc3cccc(Br)c3)cc2)ccn1. The molecule has 0 spiro atoms. The Hall–Kier alpha value is -4.67. The Kier molecular flexibility index (Phi) is 9.28. The molecule has 0 bridgehead atoms. The van der Waals surface area contributed by atoms with Crippen LogP contribution in [-0.2, 0) is 4.79 Å². The highest BCUT2D eigenvalue weighted by molar-refractivity contribution is 9.10. The molecule has 4 aromatic rings. The van der Waals surface area contributed by atoms with E-state index in [1.54, 1.807) is 72.8 Å². The lowest BCUT2D eigenvalue weighted by molar-refractivity contribution is -0.117. The number of benzene rings is 3. The lowest BCUT2D eigenvalue weighted by atomic mass is 10.2. The summed E-state index contributed by atoms with van der Waals surface area (Å²) in [7, 11) is 0. The Morgan fingerprint density at radius 1 is 0.821 bits per heavy atom. The summed E-state index contributed by atoms with van der Waals surface area (Å²) in [6.07, 6.45) is 4.27. The molecule has 1 heterocycles. The van der Waals surface area contributed by atoms with E-state index in [0.29, 0.717) is 27.9 Å². The second kappa shape index (κ2) is 13.2. The number of nitrogens with zero attached hydrogens (tertiary/aromatic N) is 1. The maximum atomic E-state index is 12.4. The number of aromatic nitrogens is 1. The zero-order valence-corrected chi connectivity index (χ0v) is 22.5. The first-order chi connectivity index (χ1) is 18.8. The average molecular weight is 607 g/mol. The van der Waals surface area contributed by atoms with E-state index in [2.05, 4.69) is 42.4 Å². The summed E-state index contributed by atoms with van der Waals surface area (Å²) in [5.74, 6) is -0.308. The highest BCUT2D eigenvalue weighted by Crippen LogP contribution is 2.23. The monoisotopic (exact) mass is 605 g/mol. The van der Waals surface area contributed by atoms with Gasteiger partial charge in [-0.3, -0.25) is 25.4 Å². The van der Waals surface area contributed by atoms with Gasteiger partial charge >= 0.3 is 6.03 Å². The number of amides is 4. The van der Waals surface area contributed by atoms with Gasteiger partial charge in [-0.25, -0.2) is 4.79 Å². The van der Waals surface area contributed by atoms with E-state index >= 15 is 0 Å². The summed E-state index contributed by atoms with van der Waals surface area (Å²) in [4.78, 5) is 40.7. The van der Waals surface area contributed by atoms with Crippen molar-refractivity contribution in [2.24, 2.45) is 0 Å². The fourth-order valence-corrected chi connectivity index (χ4v) is 3.70. The molecule has 0 unspecified atom stereocenters. The predicted molar refractivity (Wildman–Crippen MR) is 154 cm³/mol. The molecule has 4 rings (SSSR count). The highest BCUT2D eigenvalue weighted by atomic mass is 79.9. The first-order valence-electron chi connectivity index (χ1n) is 11.5. The second-order valence-corrected chi connectivity index (χ2v) is 9.27. The number of ether oxygens (including phenoxy) is 1. The van der Waals surface area contributed by atoms with Gasteiger partial charge in [0.15, 0.2) is 0 Å². The van der Waals surface area contributed by atoms with Crippen molar-refractivity contribution in [1.29, 1.82) is 0 Å². The Labute approximate surface area is 237 Å². The lowest BCUT2D eigenvalue weighted by Crippen LogP contribution is -2.41. The second-order valence-electron chi connectivity index (χ2n) is 7.92. The molecule has 0 saturated heterocycles. The smallest absolute Gasteiger partial charge is 0.323 e. The molecule has 0 saturated carbocycles. The van der Waals surface area contributed by atoms with Crippen LogP contribution >= 0.6 is 27.5 Å². The number of carbonyl (C=O) groups is 3. The number of pyridine rings is 1. The van der Waals surface area contributed by atoms with Gasteiger partial charge in [-0.05, 0) is 72.3 Å². The minimum Gasteiger partial charge on any atom is -0.457 e. The van der Waals surface area contributed by atoms with Crippen molar-refractivity contribution in [2.45, 2.75) is 0 Å². The van der Waals surface area contributed by atoms with Crippen LogP contribution in [0.5, 0.6) is 11.5 Å². The molecule has 3 aromatic carbocycles. The summed E-state index contributed by atoms with van der Waals surface area (Å²) in [5, 5.41) is 6.08. The van der Waals surface area contributed by atoms with Crippen molar-refractivity contribution in [2.75, 3.05) is 10.6 Å². The van der Waals surface area contributed by atoms with E-state index in [9.17, 15) is 14.4 Å². The predicted octanol–water partition coefficient (Wildman–Crippen LogP) is 6.41. The fraction of sp³-hybridized carbons (Fsp3) is 0. The largest absolute Gasteiger partial charge is 0.457 e. The zero-order chi connectivity index (χ0) is 27.6. The van der Waals surface area contributed by atoms with Gasteiger partial charge in [0.1, 0.15) is 17.2 Å². The van der Waals surface area contributed by atoms with Crippen LogP contribution in [-0.4, -0.2) is 22.8 Å². The molecular formula is C28H21BrClN5O4. The standard InChI is InChI=1S/C28H21BrClN5O4/c29-19-2-1-3-22(16-19)33-28(38)32-21-9-11-23(12-10-21)39-24-14-15-31-25(17-24)27(37)35-34-26(36)13-6-18-4-7-20(30)8-5-18/h1-17H,(H,34,36)(H,35,37)(H2,32,33,38)/b13-6+. The van der Waals surface area contributed by atoms with Gasteiger partial charge in [-0.2, -0.15) is 0 Å². The van der Waals surface area contributed by atoms with Crippen molar-refractivity contribution in [3.05, 3.63) is 118 Å². The zero-order valence-electron chi connectivity index (χ0n) is 20.2. The Balaban J connectivity index is 1.27.